The predicted molar refractivity (Wildman–Crippen MR) is 91.5 cm³/mol. The van der Waals surface area contributed by atoms with Crippen LogP contribution in [-0.2, 0) is 0 Å². The van der Waals surface area contributed by atoms with E-state index in [-0.39, 0.29) is 0 Å². The van der Waals surface area contributed by atoms with E-state index in [0.717, 1.165) is 17.8 Å². The Bertz CT molecular complexity index is 309. The number of amidine groups is 2. The van der Waals surface area contributed by atoms with Crippen molar-refractivity contribution in [1.82, 2.24) is 4.90 Å². The molecule has 0 saturated carbocycles. The normalized spacial score (nSPS) is 12.6. The molecule has 4 heteroatoms. The van der Waals surface area contributed by atoms with Crippen molar-refractivity contribution >= 4 is 22.8 Å². The average molecular weight is 286 g/mol. The second kappa shape index (κ2) is 11.1. The average Bonchev–Trinajstić information content (AvgIpc) is 2.37. The Balaban J connectivity index is 0. The minimum Gasteiger partial charge on any atom is -0.356 e. The highest BCUT2D eigenvalue weighted by molar-refractivity contribution is 8.13. The molecule has 3 nitrogen and oxygen atoms in total. The van der Waals surface area contributed by atoms with Crippen molar-refractivity contribution in [1.29, 1.82) is 5.41 Å². The minimum absolute atomic E-state index is 0.327. The highest BCUT2D eigenvalue weighted by atomic mass is 32.2. The molecule has 0 aromatic carbocycles. The van der Waals surface area contributed by atoms with Crippen LogP contribution in [0.25, 0.3) is 0 Å². The molecule has 0 radical (unpaired) electrons. The molecule has 0 bridgehead atoms. The van der Waals surface area contributed by atoms with E-state index in [1.54, 1.807) is 0 Å². The zero-order valence-corrected chi connectivity index (χ0v) is 14.7. The van der Waals surface area contributed by atoms with Gasteiger partial charge < -0.3 is 4.90 Å². The van der Waals surface area contributed by atoms with E-state index >= 15 is 0 Å². The SMILES string of the molecule is C=C(C)/C(=N\C(=N)SC)N(C)C(CC)C(C)C.CC. The highest BCUT2D eigenvalue weighted by Gasteiger charge is 2.20. The summed E-state index contributed by atoms with van der Waals surface area (Å²) >= 11 is 1.34. The van der Waals surface area contributed by atoms with Gasteiger partial charge in [0.15, 0.2) is 5.17 Å². The Hall–Kier alpha value is -0.770. The van der Waals surface area contributed by atoms with E-state index < -0.39 is 0 Å². The summed E-state index contributed by atoms with van der Waals surface area (Å²) in [4.78, 5) is 6.49. The fourth-order valence-corrected chi connectivity index (χ4v) is 2.14. The maximum atomic E-state index is 7.67. The summed E-state index contributed by atoms with van der Waals surface area (Å²) < 4.78 is 0. The van der Waals surface area contributed by atoms with Gasteiger partial charge in [0.1, 0.15) is 5.84 Å². The molecule has 0 aromatic heterocycles. The molecule has 0 heterocycles. The van der Waals surface area contributed by atoms with Crippen molar-refractivity contribution < 1.29 is 0 Å². The Labute approximate surface area is 124 Å². The number of hydrogen-bond acceptors (Lipinski definition) is 2. The zero-order chi connectivity index (χ0) is 15.6. The largest absolute Gasteiger partial charge is 0.356 e. The first kappa shape index (κ1) is 20.5. The van der Waals surface area contributed by atoms with Crippen molar-refractivity contribution in [3.05, 3.63) is 12.2 Å². The van der Waals surface area contributed by atoms with Gasteiger partial charge in [-0.25, -0.2) is 4.99 Å². The molecule has 112 valence electrons. The first-order valence-electron chi connectivity index (χ1n) is 6.95. The number of aliphatic imine (C=N–C) groups is 1. The fraction of sp³-hybridized carbons (Fsp3) is 0.733. The summed E-state index contributed by atoms with van der Waals surface area (Å²) in [7, 11) is 2.04. The van der Waals surface area contributed by atoms with Crippen LogP contribution in [-0.4, -0.2) is 35.2 Å². The van der Waals surface area contributed by atoms with Gasteiger partial charge in [0, 0.05) is 13.1 Å². The van der Waals surface area contributed by atoms with E-state index in [1.807, 2.05) is 34.1 Å². The maximum absolute atomic E-state index is 7.67. The minimum atomic E-state index is 0.327. The molecule has 0 rings (SSSR count). The van der Waals surface area contributed by atoms with Crippen LogP contribution >= 0.6 is 11.8 Å². The summed E-state index contributed by atoms with van der Waals surface area (Å²) in [5.74, 6) is 1.38. The third-order valence-corrected chi connectivity index (χ3v) is 3.28. The van der Waals surface area contributed by atoms with Gasteiger partial charge >= 0.3 is 0 Å². The van der Waals surface area contributed by atoms with E-state index in [0.29, 0.717) is 17.1 Å². The standard InChI is InChI=1S/C13H25N3S.C2H6/c1-8-11(9(2)3)16(6)12(10(4)5)15-13(14)17-7;1-2/h9,11,14H,4,8H2,1-3,5-7H3;1-2H3/b14-13?,15-12+;. The lowest BCUT2D eigenvalue weighted by Crippen LogP contribution is -2.40. The van der Waals surface area contributed by atoms with Gasteiger partial charge in [-0.15, -0.1) is 0 Å². The first-order chi connectivity index (χ1) is 8.84. The second-order valence-corrected chi connectivity index (χ2v) is 5.35. The van der Waals surface area contributed by atoms with Crippen molar-refractivity contribution in [3.63, 3.8) is 0 Å². The van der Waals surface area contributed by atoms with Gasteiger partial charge in [-0.05, 0) is 31.1 Å². The molecule has 1 unspecified atom stereocenters. The second-order valence-electron chi connectivity index (χ2n) is 4.56. The van der Waals surface area contributed by atoms with Crippen LogP contribution in [0.5, 0.6) is 0 Å². The number of nitrogens with zero attached hydrogens (tertiary/aromatic N) is 2. The molecular formula is C15H31N3S. The monoisotopic (exact) mass is 285 g/mol. The van der Waals surface area contributed by atoms with E-state index in [9.17, 15) is 0 Å². The Morgan fingerprint density at radius 2 is 1.84 bits per heavy atom. The van der Waals surface area contributed by atoms with Crippen LogP contribution < -0.4 is 0 Å². The molecule has 0 aliphatic heterocycles. The molecule has 1 atom stereocenters. The van der Waals surface area contributed by atoms with E-state index in [1.165, 1.54) is 11.8 Å². The molecule has 0 aliphatic rings. The van der Waals surface area contributed by atoms with Gasteiger partial charge in [0.2, 0.25) is 0 Å². The van der Waals surface area contributed by atoms with Crippen LogP contribution in [0.15, 0.2) is 17.1 Å². The molecule has 0 spiro atoms. The van der Waals surface area contributed by atoms with Crippen LogP contribution in [0.1, 0.15) is 48.0 Å². The van der Waals surface area contributed by atoms with Crippen LogP contribution in [0, 0.1) is 11.3 Å². The highest BCUT2D eigenvalue weighted by Crippen LogP contribution is 2.16. The topological polar surface area (TPSA) is 39.5 Å². The Morgan fingerprint density at radius 1 is 1.37 bits per heavy atom. The molecule has 0 aromatic rings. The van der Waals surface area contributed by atoms with Crippen LogP contribution in [0.4, 0.5) is 0 Å². The van der Waals surface area contributed by atoms with Crippen molar-refractivity contribution in [2.45, 2.75) is 54.0 Å². The number of rotatable bonds is 4. The lowest BCUT2D eigenvalue weighted by Gasteiger charge is -2.33. The fourth-order valence-electron chi connectivity index (χ4n) is 1.97. The summed E-state index contributed by atoms with van der Waals surface area (Å²) in [5, 5.41) is 7.99. The molecule has 0 saturated heterocycles. The maximum Gasteiger partial charge on any atom is 0.181 e. The van der Waals surface area contributed by atoms with Gasteiger partial charge in [0.25, 0.3) is 0 Å². The number of likely N-dealkylation sites (N-methyl/N-ethyl adjacent to an activating group) is 1. The lowest BCUT2D eigenvalue weighted by atomic mass is 10.00. The third kappa shape index (κ3) is 7.41. The third-order valence-electron chi connectivity index (χ3n) is 2.80. The summed E-state index contributed by atoms with van der Waals surface area (Å²) in [5.41, 5.74) is 0.908. The molecule has 0 amide bonds. The molecule has 0 fully saturated rings. The smallest absolute Gasteiger partial charge is 0.181 e. The lowest BCUT2D eigenvalue weighted by molar-refractivity contribution is 0.278. The molecule has 0 aliphatic carbocycles. The quantitative estimate of drug-likeness (QED) is 0.603. The number of hydrogen-bond donors (Lipinski definition) is 1. The summed E-state index contributed by atoms with van der Waals surface area (Å²) in [6.07, 6.45) is 2.93. The van der Waals surface area contributed by atoms with Crippen LogP contribution in [0.2, 0.25) is 0 Å². The van der Waals surface area contributed by atoms with Crippen molar-refractivity contribution in [3.8, 4) is 0 Å². The van der Waals surface area contributed by atoms with E-state index in [4.69, 9.17) is 5.41 Å². The van der Waals surface area contributed by atoms with Gasteiger partial charge in [-0.1, -0.05) is 53.0 Å². The predicted octanol–water partition coefficient (Wildman–Crippen LogP) is 4.65. The Morgan fingerprint density at radius 3 is 2.11 bits per heavy atom. The van der Waals surface area contributed by atoms with Crippen molar-refractivity contribution in [2.24, 2.45) is 10.9 Å². The summed E-state index contributed by atoms with van der Waals surface area (Å²) in [6, 6.07) is 0.431. The van der Waals surface area contributed by atoms with Crippen LogP contribution in [0.3, 0.4) is 0 Å². The zero-order valence-electron chi connectivity index (χ0n) is 13.9. The first-order valence-corrected chi connectivity index (χ1v) is 8.17. The van der Waals surface area contributed by atoms with Gasteiger partial charge in [-0.2, -0.15) is 0 Å². The number of thioether (sulfide) groups is 1. The van der Waals surface area contributed by atoms with E-state index in [2.05, 4.69) is 37.2 Å². The molecule has 1 N–H and O–H groups in total. The molecule has 19 heavy (non-hydrogen) atoms. The van der Waals surface area contributed by atoms with Gasteiger partial charge in [0.05, 0.1) is 0 Å². The van der Waals surface area contributed by atoms with Crippen molar-refractivity contribution in [2.75, 3.05) is 13.3 Å². The number of nitrogens with one attached hydrogen (secondary N) is 1. The summed E-state index contributed by atoms with van der Waals surface area (Å²) in [6.45, 7) is 16.5. The van der Waals surface area contributed by atoms with Gasteiger partial charge in [-0.3, -0.25) is 5.41 Å². The Kier molecular flexibility index (Phi) is 12.0. The molecular weight excluding hydrogens is 254 g/mol.